The molecule has 78 heavy (non-hydrogen) atoms. The largest absolute Gasteiger partial charge is 0.756 e. The average molecular weight is 1110 g/mol. The molecule has 10 heteroatoms. The van der Waals surface area contributed by atoms with E-state index in [1.54, 1.807) is 0 Å². The van der Waals surface area contributed by atoms with E-state index in [2.05, 4.69) is 135 Å². The van der Waals surface area contributed by atoms with Crippen LogP contribution in [0.1, 0.15) is 245 Å². The Morgan fingerprint density at radius 2 is 0.821 bits per heavy atom. The number of phosphoric acid groups is 1. The molecular formula is C68H117N2O7P. The van der Waals surface area contributed by atoms with Crippen molar-refractivity contribution in [1.29, 1.82) is 0 Å². The number of quaternary nitrogens is 1. The van der Waals surface area contributed by atoms with Gasteiger partial charge in [-0.05, 0) is 115 Å². The highest BCUT2D eigenvalue weighted by Gasteiger charge is 2.27. The highest BCUT2D eigenvalue weighted by atomic mass is 31.2. The number of nitrogens with zero attached hydrogens (tertiary/aromatic N) is 1. The van der Waals surface area contributed by atoms with Gasteiger partial charge in [-0.25, -0.2) is 0 Å². The summed E-state index contributed by atoms with van der Waals surface area (Å²) in [6, 6.07) is -0.918. The minimum absolute atomic E-state index is 0.0371. The molecule has 1 amide bonds. The topological polar surface area (TPSA) is 114 Å². The number of unbranched alkanes of at least 4 members (excludes halogenated alkanes) is 21. The number of nitrogens with one attached hydrogen (secondary N) is 1. The summed E-state index contributed by atoms with van der Waals surface area (Å²) in [4.78, 5) is 40.0. The molecule has 0 aliphatic rings. The van der Waals surface area contributed by atoms with Crippen LogP contribution in [0.25, 0.3) is 0 Å². The molecule has 0 saturated carbocycles. The predicted molar refractivity (Wildman–Crippen MR) is 334 cm³/mol. The van der Waals surface area contributed by atoms with E-state index >= 15 is 0 Å². The lowest BCUT2D eigenvalue weighted by Gasteiger charge is -2.30. The summed E-state index contributed by atoms with van der Waals surface area (Å²) in [5, 5.41) is 3.01. The second-order valence-corrected chi connectivity index (χ2v) is 23.2. The molecule has 9 nitrogen and oxygen atoms in total. The van der Waals surface area contributed by atoms with Gasteiger partial charge in [0.2, 0.25) is 5.91 Å². The molecule has 0 aliphatic carbocycles. The Morgan fingerprint density at radius 3 is 1.24 bits per heavy atom. The fourth-order valence-corrected chi connectivity index (χ4v) is 9.08. The number of phosphoric ester groups is 1. The van der Waals surface area contributed by atoms with Crippen LogP contribution in [0.3, 0.4) is 0 Å². The van der Waals surface area contributed by atoms with Crippen LogP contribution in [0.4, 0.5) is 0 Å². The third kappa shape index (κ3) is 57.1. The number of carbonyl (C=O) groups excluding carboxylic acids is 2. The SMILES string of the molecule is CC/C=C\C/C=C\C/C=C\C/C=C\C/C=C\CCCCCCCCCC(=O)OC(/C=C\CCCCCCCCCCCCC)C(COP(=O)([O-])OCC[N+](C)(C)C)NC(=O)CCCCC/C=C/C/C=C/C/C=C/C/C=C/CC. The molecule has 0 heterocycles. The molecule has 0 spiro atoms. The van der Waals surface area contributed by atoms with Crippen molar-refractivity contribution >= 4 is 19.7 Å². The van der Waals surface area contributed by atoms with E-state index in [-0.39, 0.29) is 31.3 Å². The smallest absolute Gasteiger partial charge is 0.306 e. The fourth-order valence-electron chi connectivity index (χ4n) is 8.36. The molecule has 0 aromatic rings. The molecule has 0 saturated heterocycles. The van der Waals surface area contributed by atoms with Crippen molar-refractivity contribution in [3.05, 3.63) is 122 Å². The lowest BCUT2D eigenvalue weighted by atomic mass is 10.0. The molecular weight excluding hydrogens is 988 g/mol. The first kappa shape index (κ1) is 74.4. The summed E-state index contributed by atoms with van der Waals surface area (Å²) in [7, 11) is 1.14. The van der Waals surface area contributed by atoms with Crippen molar-refractivity contribution in [3.8, 4) is 0 Å². The van der Waals surface area contributed by atoms with Gasteiger partial charge in [-0.3, -0.25) is 14.2 Å². The van der Waals surface area contributed by atoms with Crippen LogP contribution < -0.4 is 10.2 Å². The summed E-state index contributed by atoms with van der Waals surface area (Å²) in [5.41, 5.74) is 0. The Morgan fingerprint density at radius 1 is 0.462 bits per heavy atom. The molecule has 446 valence electrons. The van der Waals surface area contributed by atoms with E-state index < -0.39 is 26.6 Å². The first-order valence-corrected chi connectivity index (χ1v) is 32.8. The first-order chi connectivity index (χ1) is 37.9. The van der Waals surface area contributed by atoms with E-state index in [0.29, 0.717) is 23.9 Å². The van der Waals surface area contributed by atoms with Gasteiger partial charge in [-0.15, -0.1) is 0 Å². The number of allylic oxidation sites excluding steroid dienone is 19. The van der Waals surface area contributed by atoms with Crippen molar-refractivity contribution in [3.63, 3.8) is 0 Å². The molecule has 0 aliphatic heterocycles. The normalized spacial score (nSPS) is 14.5. The standard InChI is InChI=1S/C68H117N2O7P/c1-7-10-13-16-19-22-25-28-30-32-33-34-35-36-37-38-40-43-46-49-52-55-58-61-68(72)77-66(59-56-53-50-47-44-41-27-24-21-18-15-12-9-3)65(64-76-78(73,74)75-63-62-70(4,5)6)69-67(71)60-57-54-51-48-45-42-39-31-29-26-23-20-17-14-11-8-2/h10-11,13-14,19-20,22-23,28-31,33-34,36-37,42,45,56,59,65-66H,7-9,12,15-18,21,24-27,32,35,38-41,43-44,46-55,57-58,60-64H2,1-6H3,(H-,69,71,73,74)/b13-10-,14-11+,22-19-,23-20+,30-28-,31-29+,34-33-,37-36-,45-42+,59-56-. The highest BCUT2D eigenvalue weighted by molar-refractivity contribution is 7.45. The molecule has 0 radical (unpaired) electrons. The summed E-state index contributed by atoms with van der Waals surface area (Å²) >= 11 is 0. The second kappa shape index (κ2) is 56.7. The highest BCUT2D eigenvalue weighted by Crippen LogP contribution is 2.38. The van der Waals surface area contributed by atoms with E-state index in [4.69, 9.17) is 13.8 Å². The Kier molecular flexibility index (Phi) is 54.1. The van der Waals surface area contributed by atoms with E-state index in [9.17, 15) is 19.0 Å². The average Bonchev–Trinajstić information content (AvgIpc) is 3.40. The maximum absolute atomic E-state index is 13.5. The van der Waals surface area contributed by atoms with E-state index in [1.807, 2.05) is 33.3 Å². The number of hydrogen-bond acceptors (Lipinski definition) is 7. The first-order valence-electron chi connectivity index (χ1n) is 31.3. The van der Waals surface area contributed by atoms with Crippen LogP contribution in [0.15, 0.2) is 122 Å². The van der Waals surface area contributed by atoms with Gasteiger partial charge in [0.05, 0.1) is 33.8 Å². The molecule has 0 aromatic carbocycles. The summed E-state index contributed by atoms with van der Waals surface area (Å²) in [6.45, 7) is 6.57. The number of likely N-dealkylation sites (N-methyl/N-ethyl adjacent to an activating group) is 1. The van der Waals surface area contributed by atoms with Gasteiger partial charge in [0.1, 0.15) is 19.3 Å². The number of hydrogen-bond donors (Lipinski definition) is 1. The predicted octanol–water partition coefficient (Wildman–Crippen LogP) is 18.9. The van der Waals surface area contributed by atoms with Crippen LogP contribution in [0, 0.1) is 0 Å². The molecule has 1 N–H and O–H groups in total. The molecule has 0 bridgehead atoms. The zero-order valence-electron chi connectivity index (χ0n) is 50.8. The summed E-state index contributed by atoms with van der Waals surface area (Å²) in [6.07, 6.45) is 78.8. The lowest BCUT2D eigenvalue weighted by Crippen LogP contribution is -2.47. The van der Waals surface area contributed by atoms with Crippen LogP contribution in [-0.4, -0.2) is 69.4 Å². The number of rotatable bonds is 55. The molecule has 0 aromatic heterocycles. The van der Waals surface area contributed by atoms with Gasteiger partial charge in [-0.2, -0.15) is 0 Å². The maximum atomic E-state index is 13.5. The number of esters is 1. The zero-order chi connectivity index (χ0) is 57.2. The molecule has 0 fully saturated rings. The van der Waals surface area contributed by atoms with Gasteiger partial charge >= 0.3 is 5.97 Å². The number of amides is 1. The Bertz CT molecular complexity index is 1750. The van der Waals surface area contributed by atoms with Crippen molar-refractivity contribution in [2.45, 2.75) is 258 Å². The van der Waals surface area contributed by atoms with Crippen molar-refractivity contribution in [2.24, 2.45) is 0 Å². The van der Waals surface area contributed by atoms with E-state index in [0.717, 1.165) is 122 Å². The van der Waals surface area contributed by atoms with Gasteiger partial charge in [0.15, 0.2) is 0 Å². The third-order valence-corrected chi connectivity index (χ3v) is 14.1. The maximum Gasteiger partial charge on any atom is 0.306 e. The van der Waals surface area contributed by atoms with Gasteiger partial charge in [-0.1, -0.05) is 239 Å². The van der Waals surface area contributed by atoms with Gasteiger partial charge < -0.3 is 28.5 Å². The molecule has 3 atom stereocenters. The number of ether oxygens (including phenoxy) is 1. The Hall–Kier alpha value is -3.59. The summed E-state index contributed by atoms with van der Waals surface area (Å²) in [5.74, 6) is -0.597. The second-order valence-electron chi connectivity index (χ2n) is 21.8. The minimum atomic E-state index is -4.72. The minimum Gasteiger partial charge on any atom is -0.756 e. The molecule has 0 rings (SSSR count). The monoisotopic (exact) mass is 1100 g/mol. The number of carbonyl (C=O) groups is 2. The Balaban J connectivity index is 5.32. The van der Waals surface area contributed by atoms with Crippen LogP contribution in [0.5, 0.6) is 0 Å². The molecule has 3 unspecified atom stereocenters. The lowest BCUT2D eigenvalue weighted by molar-refractivity contribution is -0.870. The summed E-state index contributed by atoms with van der Waals surface area (Å²) < 4.78 is 30.3. The van der Waals surface area contributed by atoms with Crippen LogP contribution in [-0.2, 0) is 27.9 Å². The van der Waals surface area contributed by atoms with Crippen molar-refractivity contribution in [2.75, 3.05) is 40.9 Å². The Labute approximate surface area is 480 Å². The zero-order valence-corrected chi connectivity index (χ0v) is 51.7. The van der Waals surface area contributed by atoms with E-state index in [1.165, 1.54) is 77.0 Å². The van der Waals surface area contributed by atoms with Gasteiger partial charge in [0.25, 0.3) is 7.82 Å². The van der Waals surface area contributed by atoms with Crippen molar-refractivity contribution in [1.82, 2.24) is 5.32 Å². The fraction of sp³-hybridized carbons (Fsp3) is 0.676. The van der Waals surface area contributed by atoms with Gasteiger partial charge in [0, 0.05) is 12.8 Å². The quantitative estimate of drug-likeness (QED) is 0.0212. The third-order valence-electron chi connectivity index (χ3n) is 13.1. The van der Waals surface area contributed by atoms with Crippen LogP contribution >= 0.6 is 7.82 Å². The van der Waals surface area contributed by atoms with Crippen LogP contribution in [0.2, 0.25) is 0 Å². The van der Waals surface area contributed by atoms with Crippen molar-refractivity contribution < 1.29 is 37.3 Å².